The van der Waals surface area contributed by atoms with Gasteiger partial charge in [-0.25, -0.2) is 0 Å². The van der Waals surface area contributed by atoms with E-state index in [9.17, 15) is 0 Å². The second-order valence-corrected chi connectivity index (χ2v) is 25.0. The van der Waals surface area contributed by atoms with Gasteiger partial charge in [-0.15, -0.1) is 0 Å². The van der Waals surface area contributed by atoms with Crippen LogP contribution < -0.4 is 9.47 Å². The Balaban J connectivity index is 1.65. The SMILES string of the molecule is CC1(C)[C@@H](Cc2ccc(OCOCC[Si](C)(C)C)cc2OCOCC[Si](C)(C)C)[C@]2(C)CC[C@H]1O2. The quantitative estimate of drug-likeness (QED) is 0.147. The van der Waals surface area contributed by atoms with Gasteiger partial charge in [-0.3, -0.25) is 0 Å². The van der Waals surface area contributed by atoms with Crippen molar-refractivity contribution in [3.63, 3.8) is 0 Å². The Morgan fingerprint density at radius 1 is 0.886 bits per heavy atom. The van der Waals surface area contributed by atoms with Crippen molar-refractivity contribution in [2.24, 2.45) is 11.3 Å². The summed E-state index contributed by atoms with van der Waals surface area (Å²) in [4.78, 5) is 0. The molecule has 0 aliphatic carbocycles. The Hall–Kier alpha value is -0.866. The Morgan fingerprint density at radius 2 is 1.49 bits per heavy atom. The maximum Gasteiger partial charge on any atom is 0.189 e. The second kappa shape index (κ2) is 11.3. The van der Waals surface area contributed by atoms with Crippen LogP contribution in [-0.2, 0) is 20.6 Å². The largest absolute Gasteiger partial charge is 0.467 e. The number of benzene rings is 1. The molecule has 1 aromatic carbocycles. The van der Waals surface area contributed by atoms with E-state index in [1.54, 1.807) is 0 Å². The van der Waals surface area contributed by atoms with Crippen molar-refractivity contribution < 1.29 is 23.7 Å². The zero-order chi connectivity index (χ0) is 25.9. The molecule has 2 bridgehead atoms. The molecule has 2 fully saturated rings. The Bertz CT molecular complexity index is 825. The van der Waals surface area contributed by atoms with E-state index in [1.165, 1.54) is 12.0 Å². The van der Waals surface area contributed by atoms with Crippen molar-refractivity contribution in [2.75, 3.05) is 26.8 Å². The first-order valence-electron chi connectivity index (χ1n) is 13.4. The maximum atomic E-state index is 6.47. The van der Waals surface area contributed by atoms with Crippen molar-refractivity contribution >= 4 is 16.1 Å². The molecular weight excluding hydrogens is 472 g/mol. The Kier molecular flexibility index (Phi) is 9.23. The normalized spacial score (nSPS) is 25.7. The molecule has 35 heavy (non-hydrogen) atoms. The third kappa shape index (κ3) is 8.06. The van der Waals surface area contributed by atoms with Gasteiger partial charge in [0.15, 0.2) is 13.6 Å². The minimum Gasteiger partial charge on any atom is -0.467 e. The monoisotopic (exact) mass is 522 g/mol. The average Bonchev–Trinajstić information content (AvgIpc) is 3.21. The lowest BCUT2D eigenvalue weighted by molar-refractivity contribution is 0.00524. The van der Waals surface area contributed by atoms with Gasteiger partial charge in [-0.05, 0) is 61.2 Å². The van der Waals surface area contributed by atoms with Crippen LogP contribution in [0.5, 0.6) is 11.5 Å². The predicted molar refractivity (Wildman–Crippen MR) is 149 cm³/mol. The summed E-state index contributed by atoms with van der Waals surface area (Å²) < 4.78 is 30.2. The number of hydrogen-bond donors (Lipinski definition) is 0. The van der Waals surface area contributed by atoms with Gasteiger partial charge in [0.1, 0.15) is 11.5 Å². The van der Waals surface area contributed by atoms with Gasteiger partial charge in [0.25, 0.3) is 0 Å². The van der Waals surface area contributed by atoms with Crippen molar-refractivity contribution in [1.82, 2.24) is 0 Å². The van der Waals surface area contributed by atoms with Crippen molar-refractivity contribution in [3.8, 4) is 11.5 Å². The smallest absolute Gasteiger partial charge is 0.189 e. The van der Waals surface area contributed by atoms with Crippen LogP contribution in [0, 0.1) is 11.3 Å². The lowest BCUT2D eigenvalue weighted by atomic mass is 9.62. The third-order valence-corrected chi connectivity index (χ3v) is 11.2. The van der Waals surface area contributed by atoms with Gasteiger partial charge >= 0.3 is 0 Å². The van der Waals surface area contributed by atoms with E-state index in [-0.39, 0.29) is 24.6 Å². The van der Waals surface area contributed by atoms with Crippen LogP contribution in [0.2, 0.25) is 51.4 Å². The molecule has 2 aliphatic rings. The molecule has 3 rings (SSSR count). The summed E-state index contributed by atoms with van der Waals surface area (Å²) in [5.74, 6) is 2.06. The highest BCUT2D eigenvalue weighted by molar-refractivity contribution is 6.76. The van der Waals surface area contributed by atoms with E-state index in [2.05, 4.69) is 66.1 Å². The summed E-state index contributed by atoms with van der Waals surface area (Å²) in [7, 11) is -2.22. The van der Waals surface area contributed by atoms with E-state index in [4.69, 9.17) is 23.7 Å². The van der Waals surface area contributed by atoms with Gasteiger partial charge in [0.05, 0.1) is 11.7 Å². The van der Waals surface area contributed by atoms with Crippen LogP contribution in [0.1, 0.15) is 39.2 Å². The molecule has 0 unspecified atom stereocenters. The van der Waals surface area contributed by atoms with E-state index in [0.717, 1.165) is 49.6 Å². The van der Waals surface area contributed by atoms with Gasteiger partial charge in [0, 0.05) is 35.4 Å². The van der Waals surface area contributed by atoms with Crippen molar-refractivity contribution in [2.45, 2.75) is 103 Å². The molecule has 0 amide bonds. The van der Waals surface area contributed by atoms with Crippen LogP contribution in [-0.4, -0.2) is 54.7 Å². The summed E-state index contributed by atoms with van der Waals surface area (Å²) in [6.07, 6.45) is 3.58. The average molecular weight is 523 g/mol. The maximum absolute atomic E-state index is 6.47. The molecule has 7 heteroatoms. The van der Waals surface area contributed by atoms with Crippen LogP contribution >= 0.6 is 0 Å². The van der Waals surface area contributed by atoms with Crippen LogP contribution in [0.3, 0.4) is 0 Å². The fourth-order valence-corrected chi connectivity index (χ4v) is 6.88. The first kappa shape index (κ1) is 28.7. The van der Waals surface area contributed by atoms with E-state index in [1.807, 2.05) is 12.1 Å². The van der Waals surface area contributed by atoms with Crippen molar-refractivity contribution in [3.05, 3.63) is 23.8 Å². The molecule has 0 radical (unpaired) electrons. The number of hydrogen-bond acceptors (Lipinski definition) is 5. The highest BCUT2D eigenvalue weighted by atomic mass is 28.3. The highest BCUT2D eigenvalue weighted by Gasteiger charge is 2.60. The third-order valence-electron chi connectivity index (χ3n) is 7.84. The van der Waals surface area contributed by atoms with Crippen LogP contribution in [0.4, 0.5) is 0 Å². The molecular formula is C28H50O5Si2. The van der Waals surface area contributed by atoms with Crippen molar-refractivity contribution in [1.29, 1.82) is 0 Å². The molecule has 5 nitrogen and oxygen atoms in total. The van der Waals surface area contributed by atoms with Gasteiger partial charge < -0.3 is 23.7 Å². The zero-order valence-corrected chi connectivity index (χ0v) is 25.8. The summed E-state index contributed by atoms with van der Waals surface area (Å²) >= 11 is 0. The molecule has 0 N–H and O–H groups in total. The molecule has 0 aromatic heterocycles. The molecule has 2 aliphatic heterocycles. The Labute approximate surface area is 216 Å². The minimum atomic E-state index is -1.12. The summed E-state index contributed by atoms with van der Waals surface area (Å²) in [6.45, 7) is 23.2. The topological polar surface area (TPSA) is 46.2 Å². The lowest BCUT2D eigenvalue weighted by Crippen LogP contribution is -2.41. The number of rotatable bonds is 14. The highest BCUT2D eigenvalue weighted by Crippen LogP contribution is 2.58. The second-order valence-electron chi connectivity index (χ2n) is 13.8. The molecule has 200 valence electrons. The zero-order valence-electron chi connectivity index (χ0n) is 23.8. The number of ether oxygens (including phenoxy) is 5. The van der Waals surface area contributed by atoms with Gasteiger partial charge in [0.2, 0.25) is 0 Å². The first-order valence-corrected chi connectivity index (χ1v) is 20.8. The summed E-state index contributed by atoms with van der Waals surface area (Å²) in [5, 5.41) is 0. The van der Waals surface area contributed by atoms with Gasteiger partial charge in [-0.2, -0.15) is 0 Å². The molecule has 2 heterocycles. The molecule has 3 atom stereocenters. The fourth-order valence-electron chi connectivity index (χ4n) is 5.37. The molecule has 2 saturated heterocycles. The standard InChI is InChI=1S/C28H50O5Si2/c1-27(2)25(28(3)13-12-26(27)33-28)18-22-10-11-23(31-20-29-14-16-34(4,5)6)19-24(22)32-21-30-15-17-35(7,8)9/h10-11,19,25-26H,12-18,20-21H2,1-9H3/t25-,26-,28+/m1/s1. The number of fused-ring (bicyclic) bond motifs is 2. The lowest BCUT2D eigenvalue weighted by Gasteiger charge is -2.39. The molecule has 0 spiro atoms. The predicted octanol–water partition coefficient (Wildman–Crippen LogP) is 7.21. The van der Waals surface area contributed by atoms with Gasteiger partial charge in [-0.1, -0.05) is 59.2 Å². The molecule has 1 aromatic rings. The fraction of sp³-hybridized carbons (Fsp3) is 0.786. The van der Waals surface area contributed by atoms with E-state index in [0.29, 0.717) is 12.0 Å². The summed E-state index contributed by atoms with van der Waals surface area (Å²) in [6, 6.07) is 8.47. The van der Waals surface area contributed by atoms with E-state index >= 15 is 0 Å². The summed E-state index contributed by atoms with van der Waals surface area (Å²) in [5.41, 5.74) is 1.29. The molecule has 0 saturated carbocycles. The van der Waals surface area contributed by atoms with Crippen LogP contribution in [0.15, 0.2) is 18.2 Å². The van der Waals surface area contributed by atoms with E-state index < -0.39 is 16.1 Å². The Morgan fingerprint density at radius 3 is 2.03 bits per heavy atom. The van der Waals surface area contributed by atoms with Crippen LogP contribution in [0.25, 0.3) is 0 Å². The minimum absolute atomic E-state index is 0.0569. The first-order chi connectivity index (χ1) is 16.2.